The Labute approximate surface area is 218 Å². The highest BCUT2D eigenvalue weighted by Gasteiger charge is 2.79. The van der Waals surface area contributed by atoms with Gasteiger partial charge in [-0.15, -0.1) is 11.3 Å². The number of hydrogen-bond donors (Lipinski definition) is 0. The first kappa shape index (κ1) is 25.0. The second kappa shape index (κ2) is 8.08. The summed E-state index contributed by atoms with van der Waals surface area (Å²) in [5.41, 5.74) is -4.62. The number of fused-ring (bicyclic) bond motifs is 7. The van der Waals surface area contributed by atoms with E-state index in [2.05, 4.69) is 6.92 Å². The van der Waals surface area contributed by atoms with Gasteiger partial charge in [0.05, 0.1) is 11.0 Å². The average Bonchev–Trinajstić information content (AvgIpc) is 3.56. The Kier molecular flexibility index (Phi) is 5.60. The first-order valence-electron chi connectivity index (χ1n) is 12.8. The predicted octanol–water partition coefficient (Wildman–Crippen LogP) is 6.38. The molecule has 0 amide bonds. The second-order valence-corrected chi connectivity index (χ2v) is 13.3. The molecule has 36 heavy (non-hydrogen) atoms. The van der Waals surface area contributed by atoms with E-state index in [9.17, 15) is 9.59 Å². The maximum Gasteiger partial charge on any atom is 0.223 e. The van der Waals surface area contributed by atoms with E-state index < -0.39 is 52.5 Å². The van der Waals surface area contributed by atoms with Gasteiger partial charge in [-0.1, -0.05) is 44.2 Å². The molecule has 1 aromatic rings. The third-order valence-corrected chi connectivity index (χ3v) is 11.9. The van der Waals surface area contributed by atoms with Crippen LogP contribution in [0.5, 0.6) is 0 Å². The molecule has 6 rings (SSSR count). The van der Waals surface area contributed by atoms with Gasteiger partial charge in [-0.2, -0.15) is 0 Å². The molecule has 10 atom stereocenters. The van der Waals surface area contributed by atoms with Gasteiger partial charge in [0.2, 0.25) is 5.12 Å². The molecule has 0 bridgehead atoms. The lowest BCUT2D eigenvalue weighted by Crippen LogP contribution is -2.68. The van der Waals surface area contributed by atoms with E-state index in [-0.39, 0.29) is 28.8 Å². The third-order valence-electron chi connectivity index (χ3n) is 10.3. The van der Waals surface area contributed by atoms with E-state index in [1.54, 1.807) is 19.3 Å². The summed E-state index contributed by atoms with van der Waals surface area (Å²) in [4.78, 5) is 26.8. The standard InChI is InChI=1S/C28H32F2O4S2/c1-5-15-14-26(3)17(18-12-20(29)19-11-16(31)8-9-25(19,2)27(15,18)30)13-22-28(26,24(32)35-4)34-23(33-22)21-7-6-10-36-21/h6-11,15,17-18,20,22-23H,5,12-14H2,1-4H3/t15-,17-,18-,20-,22+,23-,25-,26-,27+,28-/m0/s1. The molecular formula is C28H32F2O4S2. The van der Waals surface area contributed by atoms with Crippen molar-refractivity contribution < 1.29 is 27.8 Å². The van der Waals surface area contributed by atoms with E-state index in [1.807, 2.05) is 24.4 Å². The number of carbonyl (C=O) groups excluding carboxylic acids is 2. The van der Waals surface area contributed by atoms with Gasteiger partial charge < -0.3 is 9.47 Å². The summed E-state index contributed by atoms with van der Waals surface area (Å²) in [7, 11) is 0. The van der Waals surface area contributed by atoms with E-state index in [1.165, 1.54) is 23.5 Å². The number of allylic oxidation sites excluding steroid dienone is 4. The fraction of sp³-hybridized carbons (Fsp3) is 0.643. The van der Waals surface area contributed by atoms with Crippen LogP contribution in [0.15, 0.2) is 41.3 Å². The van der Waals surface area contributed by atoms with Crippen molar-refractivity contribution in [1.82, 2.24) is 0 Å². The van der Waals surface area contributed by atoms with Crippen molar-refractivity contribution in [2.75, 3.05) is 6.26 Å². The van der Waals surface area contributed by atoms with E-state index >= 15 is 8.78 Å². The monoisotopic (exact) mass is 534 g/mol. The molecule has 2 heterocycles. The lowest BCUT2D eigenvalue weighted by molar-refractivity contribution is -0.216. The summed E-state index contributed by atoms with van der Waals surface area (Å²) in [5, 5.41) is 1.85. The van der Waals surface area contributed by atoms with Gasteiger partial charge in [0.25, 0.3) is 0 Å². The molecule has 5 aliphatic rings. The molecule has 1 aliphatic heterocycles. The highest BCUT2D eigenvalue weighted by atomic mass is 32.2. The Morgan fingerprint density at radius 3 is 2.72 bits per heavy atom. The molecular weight excluding hydrogens is 502 g/mol. The van der Waals surface area contributed by atoms with Crippen LogP contribution in [0.1, 0.15) is 57.6 Å². The molecule has 4 aliphatic carbocycles. The number of rotatable bonds is 3. The van der Waals surface area contributed by atoms with Crippen molar-refractivity contribution in [2.24, 2.45) is 28.6 Å². The third kappa shape index (κ3) is 2.82. The smallest absolute Gasteiger partial charge is 0.223 e. The highest BCUT2D eigenvalue weighted by Crippen LogP contribution is 2.74. The van der Waals surface area contributed by atoms with Crippen LogP contribution in [0.4, 0.5) is 8.78 Å². The van der Waals surface area contributed by atoms with E-state index in [0.29, 0.717) is 19.3 Å². The minimum Gasteiger partial charge on any atom is -0.341 e. The molecule has 0 aromatic carbocycles. The molecule has 4 fully saturated rings. The number of ether oxygens (including phenoxy) is 2. The molecule has 3 saturated carbocycles. The van der Waals surface area contributed by atoms with Crippen LogP contribution in [0.3, 0.4) is 0 Å². The van der Waals surface area contributed by atoms with Crippen molar-refractivity contribution >= 4 is 34.0 Å². The zero-order valence-electron chi connectivity index (χ0n) is 21.0. The number of thiophene rings is 1. The van der Waals surface area contributed by atoms with Gasteiger partial charge in [-0.3, -0.25) is 9.59 Å². The van der Waals surface area contributed by atoms with Crippen molar-refractivity contribution in [3.8, 4) is 0 Å². The Bertz CT molecular complexity index is 1170. The molecule has 0 unspecified atom stereocenters. The summed E-state index contributed by atoms with van der Waals surface area (Å²) in [6.45, 7) is 5.77. The Hall–Kier alpha value is -1.35. The van der Waals surface area contributed by atoms with Crippen molar-refractivity contribution in [1.29, 1.82) is 0 Å². The quantitative estimate of drug-likeness (QED) is 0.450. The van der Waals surface area contributed by atoms with Crippen molar-refractivity contribution in [3.05, 3.63) is 46.2 Å². The molecule has 8 heteroatoms. The normalized spacial score (nSPS) is 49.2. The SMILES string of the molecule is CC[C@H]1C[C@@]2(C)[C@@H](C[C@H]3O[C@H](c4cccs4)O[C@]32C(=O)SC)[C@@H]2C[C@H](F)C3=CC(=O)C=C[C@]3(C)[C@@]12F. The summed E-state index contributed by atoms with van der Waals surface area (Å²) in [6.07, 6.45) is 4.91. The van der Waals surface area contributed by atoms with Crippen LogP contribution in [-0.2, 0) is 19.1 Å². The average molecular weight is 535 g/mol. The number of halogens is 2. The molecule has 194 valence electrons. The largest absolute Gasteiger partial charge is 0.341 e. The van der Waals surface area contributed by atoms with Crippen molar-refractivity contribution in [2.45, 2.75) is 76.3 Å². The minimum atomic E-state index is -1.74. The van der Waals surface area contributed by atoms with Crippen LogP contribution in [0.2, 0.25) is 0 Å². The zero-order valence-corrected chi connectivity index (χ0v) is 22.6. The minimum absolute atomic E-state index is 0.000408. The lowest BCUT2D eigenvalue weighted by atomic mass is 9.42. The highest BCUT2D eigenvalue weighted by molar-refractivity contribution is 8.13. The van der Waals surface area contributed by atoms with Crippen LogP contribution < -0.4 is 0 Å². The summed E-state index contributed by atoms with van der Waals surface area (Å²) < 4.78 is 46.7. The summed E-state index contributed by atoms with van der Waals surface area (Å²) >= 11 is 2.65. The molecule has 0 N–H and O–H groups in total. The van der Waals surface area contributed by atoms with Gasteiger partial charge in [-0.05, 0) is 73.4 Å². The van der Waals surface area contributed by atoms with Crippen LogP contribution >= 0.6 is 23.1 Å². The summed E-state index contributed by atoms with van der Waals surface area (Å²) in [5.74, 6) is -1.64. The maximum atomic E-state index is 17.9. The fourth-order valence-corrected chi connectivity index (χ4v) is 10.1. The van der Waals surface area contributed by atoms with Crippen LogP contribution in [0, 0.1) is 28.6 Å². The zero-order chi connectivity index (χ0) is 25.7. The maximum absolute atomic E-state index is 17.9. The number of ketones is 1. The van der Waals surface area contributed by atoms with Crippen LogP contribution in [0.25, 0.3) is 0 Å². The topological polar surface area (TPSA) is 52.6 Å². The number of thioether (sulfide) groups is 1. The predicted molar refractivity (Wildman–Crippen MR) is 136 cm³/mol. The first-order chi connectivity index (χ1) is 17.1. The molecule has 1 saturated heterocycles. The number of hydrogen-bond acceptors (Lipinski definition) is 6. The van der Waals surface area contributed by atoms with Crippen molar-refractivity contribution in [3.63, 3.8) is 0 Å². The number of carbonyl (C=O) groups is 2. The summed E-state index contributed by atoms with van der Waals surface area (Å²) in [6, 6.07) is 3.87. The molecule has 4 nitrogen and oxygen atoms in total. The first-order valence-corrected chi connectivity index (χ1v) is 14.9. The van der Waals surface area contributed by atoms with Crippen LogP contribution in [-0.4, -0.2) is 40.7 Å². The Balaban J connectivity index is 1.48. The van der Waals surface area contributed by atoms with Gasteiger partial charge in [0.15, 0.2) is 17.7 Å². The number of alkyl halides is 2. The molecule has 1 aromatic heterocycles. The van der Waals surface area contributed by atoms with Gasteiger partial charge in [0, 0.05) is 16.7 Å². The Morgan fingerprint density at radius 1 is 1.28 bits per heavy atom. The molecule has 0 radical (unpaired) electrons. The molecule has 0 spiro atoms. The Morgan fingerprint density at radius 2 is 2.06 bits per heavy atom. The lowest BCUT2D eigenvalue weighted by Gasteiger charge is -2.64. The van der Waals surface area contributed by atoms with Gasteiger partial charge in [-0.25, -0.2) is 8.78 Å². The van der Waals surface area contributed by atoms with Gasteiger partial charge >= 0.3 is 0 Å². The van der Waals surface area contributed by atoms with E-state index in [0.717, 1.165) is 16.6 Å². The fourth-order valence-electron chi connectivity index (χ4n) is 8.69. The van der Waals surface area contributed by atoms with E-state index in [4.69, 9.17) is 9.47 Å². The van der Waals surface area contributed by atoms with Gasteiger partial charge in [0.1, 0.15) is 11.8 Å². The second-order valence-electron chi connectivity index (χ2n) is 11.5.